The topological polar surface area (TPSA) is 81.7 Å². The van der Waals surface area contributed by atoms with E-state index in [1.54, 1.807) is 24.3 Å². The number of hydrogen-bond acceptors (Lipinski definition) is 5. The fraction of sp³-hybridized carbons (Fsp3) is 0.462. The Morgan fingerprint density at radius 1 is 1.22 bits per heavy atom. The van der Waals surface area contributed by atoms with Gasteiger partial charge in [-0.25, -0.2) is 8.42 Å². The maximum atomic E-state index is 12.4. The molecule has 0 fully saturated rings. The third-order valence-electron chi connectivity index (χ3n) is 2.97. The Morgan fingerprint density at radius 2 is 1.78 bits per heavy atom. The minimum absolute atomic E-state index is 0.171. The first kappa shape index (κ1) is 19.2. The molecule has 0 radical (unpaired) electrons. The van der Waals surface area contributed by atoms with Gasteiger partial charge in [-0.1, -0.05) is 12.1 Å². The second-order valence-corrected chi connectivity index (χ2v) is 6.24. The summed E-state index contributed by atoms with van der Waals surface area (Å²) in [4.78, 5) is 11.5. The first-order valence-electron chi connectivity index (χ1n) is 6.40. The molecule has 0 amide bonds. The molecule has 1 atom stereocenters. The summed E-state index contributed by atoms with van der Waals surface area (Å²) in [6.07, 6.45) is -0.0154. The predicted molar refractivity (Wildman–Crippen MR) is 75.2 cm³/mol. The summed E-state index contributed by atoms with van der Waals surface area (Å²) >= 11 is 0. The number of alkyl halides is 3. The maximum Gasteiger partial charge on any atom is 0.511 e. The van der Waals surface area contributed by atoms with E-state index in [0.29, 0.717) is 11.3 Å². The minimum atomic E-state index is -5.64. The van der Waals surface area contributed by atoms with Crippen LogP contribution in [0.3, 0.4) is 0 Å². The standard InChI is InChI=1S/C13H16F3NO5S/c1-21-10-6-3-9(4-7-10)5-8-11(12(18)22-2)17-23(19,20)13(14,15)16/h3-4,6-7,11,17H,5,8H2,1-2H3/t11-/m0/s1. The molecule has 1 N–H and O–H groups in total. The molecule has 1 aromatic rings. The zero-order valence-electron chi connectivity index (χ0n) is 12.4. The van der Waals surface area contributed by atoms with Crippen LogP contribution in [0.25, 0.3) is 0 Å². The number of benzene rings is 1. The summed E-state index contributed by atoms with van der Waals surface area (Å²) in [6.45, 7) is 0. The first-order chi connectivity index (χ1) is 10.6. The number of carbonyl (C=O) groups is 1. The van der Waals surface area contributed by atoms with Gasteiger partial charge in [0.05, 0.1) is 14.2 Å². The molecule has 130 valence electrons. The van der Waals surface area contributed by atoms with Crippen molar-refractivity contribution in [2.24, 2.45) is 0 Å². The van der Waals surface area contributed by atoms with Gasteiger partial charge in [0.2, 0.25) is 0 Å². The number of aryl methyl sites for hydroxylation is 1. The monoisotopic (exact) mass is 355 g/mol. The summed E-state index contributed by atoms with van der Waals surface area (Å²) in [5.41, 5.74) is -4.80. The van der Waals surface area contributed by atoms with E-state index in [1.807, 2.05) is 0 Å². The Hall–Kier alpha value is -1.81. The average Bonchev–Trinajstić information content (AvgIpc) is 2.49. The number of methoxy groups -OCH3 is 2. The van der Waals surface area contributed by atoms with E-state index in [1.165, 1.54) is 11.8 Å². The lowest BCUT2D eigenvalue weighted by Crippen LogP contribution is -2.47. The van der Waals surface area contributed by atoms with E-state index in [-0.39, 0.29) is 12.8 Å². The Bertz CT molecular complexity index is 628. The van der Waals surface area contributed by atoms with Gasteiger partial charge in [-0.05, 0) is 30.5 Å². The van der Waals surface area contributed by atoms with E-state index < -0.39 is 27.5 Å². The van der Waals surface area contributed by atoms with E-state index in [0.717, 1.165) is 7.11 Å². The summed E-state index contributed by atoms with van der Waals surface area (Å²) in [5, 5.41) is 0. The average molecular weight is 355 g/mol. The SMILES string of the molecule is COC(=O)[C@H](CCc1ccc(OC)cc1)NS(=O)(=O)C(F)(F)F. The molecule has 0 aliphatic rings. The highest BCUT2D eigenvalue weighted by atomic mass is 32.2. The summed E-state index contributed by atoms with van der Waals surface area (Å²) < 4.78 is 70.0. The van der Waals surface area contributed by atoms with Crippen LogP contribution in [0.1, 0.15) is 12.0 Å². The van der Waals surface area contributed by atoms with Gasteiger partial charge < -0.3 is 9.47 Å². The molecule has 0 saturated heterocycles. The molecule has 0 spiro atoms. The fourth-order valence-corrected chi connectivity index (χ4v) is 2.45. The van der Waals surface area contributed by atoms with Crippen molar-refractivity contribution in [1.29, 1.82) is 0 Å². The van der Waals surface area contributed by atoms with Crippen molar-refractivity contribution in [2.75, 3.05) is 14.2 Å². The van der Waals surface area contributed by atoms with Crippen LogP contribution < -0.4 is 9.46 Å². The van der Waals surface area contributed by atoms with Gasteiger partial charge >= 0.3 is 21.5 Å². The molecule has 0 bridgehead atoms. The van der Waals surface area contributed by atoms with Crippen molar-refractivity contribution < 1.29 is 35.9 Å². The molecule has 0 saturated carbocycles. The molecule has 23 heavy (non-hydrogen) atoms. The lowest BCUT2D eigenvalue weighted by Gasteiger charge is -2.17. The van der Waals surface area contributed by atoms with Crippen molar-refractivity contribution in [2.45, 2.75) is 24.4 Å². The molecule has 0 heterocycles. The van der Waals surface area contributed by atoms with Crippen LogP contribution in [-0.2, 0) is 26.0 Å². The molecular weight excluding hydrogens is 339 g/mol. The lowest BCUT2D eigenvalue weighted by atomic mass is 10.1. The van der Waals surface area contributed by atoms with Crippen molar-refractivity contribution in [3.8, 4) is 5.75 Å². The Morgan fingerprint density at radius 3 is 2.22 bits per heavy atom. The lowest BCUT2D eigenvalue weighted by molar-refractivity contribution is -0.142. The molecular formula is C13H16F3NO5S. The van der Waals surface area contributed by atoms with Crippen LogP contribution in [0.5, 0.6) is 5.75 Å². The molecule has 0 unspecified atom stereocenters. The van der Waals surface area contributed by atoms with Crippen molar-refractivity contribution in [3.05, 3.63) is 29.8 Å². The Kier molecular flexibility index (Phi) is 6.39. The number of esters is 1. The third-order valence-corrected chi connectivity index (χ3v) is 4.17. The zero-order valence-corrected chi connectivity index (χ0v) is 13.2. The van der Waals surface area contributed by atoms with Crippen molar-refractivity contribution in [1.82, 2.24) is 4.72 Å². The fourth-order valence-electron chi connectivity index (χ4n) is 1.72. The Balaban J connectivity index is 2.81. The van der Waals surface area contributed by atoms with Gasteiger partial charge in [0.25, 0.3) is 0 Å². The number of ether oxygens (including phenoxy) is 2. The van der Waals surface area contributed by atoms with Crippen LogP contribution in [0.15, 0.2) is 24.3 Å². The van der Waals surface area contributed by atoms with Gasteiger partial charge in [0.1, 0.15) is 11.8 Å². The second kappa shape index (κ2) is 7.64. The van der Waals surface area contributed by atoms with Crippen LogP contribution in [0.2, 0.25) is 0 Å². The normalized spacial score (nSPS) is 13.4. The van der Waals surface area contributed by atoms with Crippen molar-refractivity contribution in [3.63, 3.8) is 0 Å². The minimum Gasteiger partial charge on any atom is -0.497 e. The molecule has 10 heteroatoms. The molecule has 0 aliphatic heterocycles. The molecule has 1 aromatic carbocycles. The van der Waals surface area contributed by atoms with E-state index in [2.05, 4.69) is 4.74 Å². The second-order valence-electron chi connectivity index (χ2n) is 4.53. The van der Waals surface area contributed by atoms with Gasteiger partial charge in [-0.3, -0.25) is 4.79 Å². The molecule has 0 aliphatic carbocycles. The third kappa shape index (κ3) is 5.39. The van der Waals surface area contributed by atoms with E-state index >= 15 is 0 Å². The van der Waals surface area contributed by atoms with Crippen LogP contribution >= 0.6 is 0 Å². The Labute approximate surface area is 131 Å². The highest BCUT2D eigenvalue weighted by Gasteiger charge is 2.47. The summed E-state index contributed by atoms with van der Waals surface area (Å²) in [7, 11) is -3.19. The van der Waals surface area contributed by atoms with E-state index in [9.17, 15) is 26.4 Å². The van der Waals surface area contributed by atoms with Gasteiger partial charge in [-0.15, -0.1) is 0 Å². The highest BCUT2D eigenvalue weighted by molar-refractivity contribution is 7.90. The highest BCUT2D eigenvalue weighted by Crippen LogP contribution is 2.23. The number of halogens is 3. The van der Waals surface area contributed by atoms with Crippen LogP contribution in [-0.4, -0.2) is 40.2 Å². The number of sulfonamides is 1. The van der Waals surface area contributed by atoms with Crippen LogP contribution in [0, 0.1) is 0 Å². The first-order valence-corrected chi connectivity index (χ1v) is 7.88. The number of rotatable bonds is 7. The number of hydrogen-bond donors (Lipinski definition) is 1. The van der Waals surface area contributed by atoms with E-state index in [4.69, 9.17) is 4.74 Å². The van der Waals surface area contributed by atoms with Gasteiger partial charge in [-0.2, -0.15) is 17.9 Å². The van der Waals surface area contributed by atoms with Crippen LogP contribution in [0.4, 0.5) is 13.2 Å². The quantitative estimate of drug-likeness (QED) is 0.752. The molecule has 1 rings (SSSR count). The molecule has 6 nitrogen and oxygen atoms in total. The number of carbonyl (C=O) groups excluding carboxylic acids is 1. The number of nitrogens with one attached hydrogen (secondary N) is 1. The smallest absolute Gasteiger partial charge is 0.497 e. The van der Waals surface area contributed by atoms with Crippen molar-refractivity contribution >= 4 is 16.0 Å². The predicted octanol–water partition coefficient (Wildman–Crippen LogP) is 1.61. The summed E-state index contributed by atoms with van der Waals surface area (Å²) in [5.74, 6) is -0.498. The maximum absolute atomic E-state index is 12.4. The molecule has 0 aromatic heterocycles. The zero-order chi connectivity index (χ0) is 17.7. The largest absolute Gasteiger partial charge is 0.511 e. The van der Waals surface area contributed by atoms with Gasteiger partial charge in [0, 0.05) is 0 Å². The summed E-state index contributed by atoms with van der Waals surface area (Å²) in [6, 6.07) is 4.97. The van der Waals surface area contributed by atoms with Gasteiger partial charge in [0.15, 0.2) is 0 Å².